The molecule has 0 aliphatic heterocycles. The quantitative estimate of drug-likeness (QED) is 0.408. The molecule has 2 heterocycles. The molecule has 5 nitrogen and oxygen atoms in total. The summed E-state index contributed by atoms with van der Waals surface area (Å²) in [5.41, 5.74) is 6.20. The average molecular weight is 387 g/mol. The molecule has 0 aliphatic rings. The van der Waals surface area contributed by atoms with Gasteiger partial charge in [-0.25, -0.2) is 10.4 Å². The Hall–Kier alpha value is -3.57. The molecule has 6 heteroatoms. The first-order chi connectivity index (χ1) is 13.7. The van der Waals surface area contributed by atoms with Crippen LogP contribution in [0.3, 0.4) is 0 Å². The molecule has 0 saturated heterocycles. The van der Waals surface area contributed by atoms with Crippen molar-refractivity contribution in [1.82, 2.24) is 15.4 Å². The molecule has 0 atom stereocenters. The smallest absolute Gasteiger partial charge is 0.267 e. The minimum atomic E-state index is -0.313. The number of fused-ring (bicyclic) bond motifs is 1. The molecule has 4 aromatic rings. The molecule has 136 valence electrons. The molecule has 1 amide bonds. The Bertz CT molecular complexity index is 1180. The number of hydrogen-bond donors (Lipinski definition) is 1. The van der Waals surface area contributed by atoms with Crippen LogP contribution in [0.5, 0.6) is 0 Å². The van der Waals surface area contributed by atoms with E-state index in [0.717, 1.165) is 22.0 Å². The van der Waals surface area contributed by atoms with Gasteiger partial charge >= 0.3 is 0 Å². The summed E-state index contributed by atoms with van der Waals surface area (Å²) in [4.78, 5) is 21.5. The van der Waals surface area contributed by atoms with Crippen LogP contribution >= 0.6 is 11.6 Å². The number of nitrogens with zero attached hydrogens (tertiary/aromatic N) is 3. The van der Waals surface area contributed by atoms with Crippen LogP contribution in [-0.2, 0) is 0 Å². The van der Waals surface area contributed by atoms with Gasteiger partial charge in [-0.15, -0.1) is 0 Å². The van der Waals surface area contributed by atoms with Crippen molar-refractivity contribution < 1.29 is 4.79 Å². The molecular weight excluding hydrogens is 372 g/mol. The van der Waals surface area contributed by atoms with E-state index in [1.54, 1.807) is 36.8 Å². The number of hydrogen-bond acceptors (Lipinski definition) is 4. The SMILES string of the molecule is O=C(N/N=C/c1cccc(Cl)c1)c1cc(-c2ccncc2)nc2ccccc12. The van der Waals surface area contributed by atoms with Crippen LogP contribution < -0.4 is 5.43 Å². The Morgan fingerprint density at radius 3 is 2.64 bits per heavy atom. The lowest BCUT2D eigenvalue weighted by Gasteiger charge is -2.08. The van der Waals surface area contributed by atoms with Crippen molar-refractivity contribution in [2.24, 2.45) is 5.10 Å². The van der Waals surface area contributed by atoms with Crippen molar-refractivity contribution in [3.8, 4) is 11.3 Å². The molecule has 0 bridgehead atoms. The predicted octanol–water partition coefficient (Wildman–Crippen LogP) is 4.71. The minimum Gasteiger partial charge on any atom is -0.267 e. The van der Waals surface area contributed by atoms with E-state index in [-0.39, 0.29) is 5.91 Å². The summed E-state index contributed by atoms with van der Waals surface area (Å²) in [6.45, 7) is 0. The molecule has 2 aromatic heterocycles. The van der Waals surface area contributed by atoms with Gasteiger partial charge < -0.3 is 0 Å². The maximum Gasteiger partial charge on any atom is 0.272 e. The summed E-state index contributed by atoms with van der Waals surface area (Å²) < 4.78 is 0. The molecule has 2 aromatic carbocycles. The Morgan fingerprint density at radius 1 is 1.00 bits per heavy atom. The highest BCUT2D eigenvalue weighted by molar-refractivity contribution is 6.30. The van der Waals surface area contributed by atoms with Crippen molar-refractivity contribution in [2.45, 2.75) is 0 Å². The Morgan fingerprint density at radius 2 is 1.82 bits per heavy atom. The van der Waals surface area contributed by atoms with Crippen LogP contribution in [0.25, 0.3) is 22.2 Å². The second kappa shape index (κ2) is 7.98. The normalized spacial score (nSPS) is 11.0. The number of benzene rings is 2. The second-order valence-corrected chi connectivity index (χ2v) is 6.50. The third-order valence-corrected chi connectivity index (χ3v) is 4.40. The summed E-state index contributed by atoms with van der Waals surface area (Å²) in [6.07, 6.45) is 4.94. The summed E-state index contributed by atoms with van der Waals surface area (Å²) in [6, 6.07) is 20.2. The number of rotatable bonds is 4. The first-order valence-electron chi connectivity index (χ1n) is 8.60. The zero-order chi connectivity index (χ0) is 19.3. The Labute approximate surface area is 166 Å². The lowest BCUT2D eigenvalue weighted by molar-refractivity contribution is 0.0957. The predicted molar refractivity (Wildman–Crippen MR) is 111 cm³/mol. The zero-order valence-electron chi connectivity index (χ0n) is 14.7. The second-order valence-electron chi connectivity index (χ2n) is 6.06. The van der Waals surface area contributed by atoms with E-state index in [1.807, 2.05) is 48.5 Å². The number of carbonyl (C=O) groups excluding carboxylic acids is 1. The minimum absolute atomic E-state index is 0.313. The van der Waals surface area contributed by atoms with Gasteiger partial charge in [0.25, 0.3) is 5.91 Å². The fourth-order valence-electron chi connectivity index (χ4n) is 2.85. The summed E-state index contributed by atoms with van der Waals surface area (Å²) >= 11 is 5.96. The highest BCUT2D eigenvalue weighted by Crippen LogP contribution is 2.24. The van der Waals surface area contributed by atoms with Crippen molar-refractivity contribution in [2.75, 3.05) is 0 Å². The highest BCUT2D eigenvalue weighted by atomic mass is 35.5. The van der Waals surface area contributed by atoms with E-state index < -0.39 is 0 Å². The lowest BCUT2D eigenvalue weighted by Crippen LogP contribution is -2.18. The van der Waals surface area contributed by atoms with E-state index >= 15 is 0 Å². The van der Waals surface area contributed by atoms with Gasteiger partial charge in [-0.3, -0.25) is 9.78 Å². The van der Waals surface area contributed by atoms with Gasteiger partial charge in [-0.05, 0) is 42.0 Å². The van der Waals surface area contributed by atoms with E-state index in [9.17, 15) is 4.79 Å². The average Bonchev–Trinajstić information content (AvgIpc) is 2.73. The summed E-state index contributed by atoms with van der Waals surface area (Å²) in [5, 5.41) is 5.42. The fraction of sp³-hybridized carbons (Fsp3) is 0. The van der Waals surface area contributed by atoms with Gasteiger partial charge in [0.1, 0.15) is 0 Å². The zero-order valence-corrected chi connectivity index (χ0v) is 15.5. The van der Waals surface area contributed by atoms with Crippen molar-refractivity contribution in [3.63, 3.8) is 0 Å². The van der Waals surface area contributed by atoms with Gasteiger partial charge in [0.05, 0.1) is 23.0 Å². The van der Waals surface area contributed by atoms with Crippen LogP contribution in [0, 0.1) is 0 Å². The van der Waals surface area contributed by atoms with Gasteiger partial charge in [0.2, 0.25) is 0 Å². The molecule has 1 N–H and O–H groups in total. The van der Waals surface area contributed by atoms with E-state index in [4.69, 9.17) is 11.6 Å². The molecule has 4 rings (SSSR count). The number of carbonyl (C=O) groups is 1. The van der Waals surface area contributed by atoms with E-state index in [0.29, 0.717) is 16.3 Å². The van der Waals surface area contributed by atoms with Crippen LogP contribution in [0.4, 0.5) is 0 Å². The van der Waals surface area contributed by atoms with E-state index in [2.05, 4.69) is 20.5 Å². The summed E-state index contributed by atoms with van der Waals surface area (Å²) in [7, 11) is 0. The summed E-state index contributed by atoms with van der Waals surface area (Å²) in [5.74, 6) is -0.313. The largest absolute Gasteiger partial charge is 0.272 e. The first kappa shape index (κ1) is 17.8. The number of hydrazone groups is 1. The van der Waals surface area contributed by atoms with Crippen LogP contribution in [0.15, 0.2) is 84.2 Å². The third kappa shape index (κ3) is 3.89. The van der Waals surface area contributed by atoms with Crippen molar-refractivity contribution in [1.29, 1.82) is 0 Å². The standard InChI is InChI=1S/C22H15ClN4O/c23-17-5-3-4-15(12-17)14-25-27-22(28)19-13-21(16-8-10-24-11-9-16)26-20-7-2-1-6-18(19)20/h1-14H,(H,27,28)/b25-14+. The van der Waals surface area contributed by atoms with Crippen molar-refractivity contribution >= 4 is 34.6 Å². The first-order valence-corrected chi connectivity index (χ1v) is 8.98. The van der Waals surface area contributed by atoms with Crippen LogP contribution in [0.1, 0.15) is 15.9 Å². The fourth-order valence-corrected chi connectivity index (χ4v) is 3.05. The Kier molecular flexibility index (Phi) is 5.08. The van der Waals surface area contributed by atoms with Gasteiger partial charge in [0, 0.05) is 28.4 Å². The molecule has 0 spiro atoms. The number of halogens is 1. The molecule has 0 fully saturated rings. The molecular formula is C22H15ClN4O. The van der Waals surface area contributed by atoms with Crippen LogP contribution in [-0.4, -0.2) is 22.1 Å². The molecule has 0 saturated carbocycles. The number of para-hydroxylation sites is 1. The topological polar surface area (TPSA) is 67.2 Å². The Balaban J connectivity index is 1.67. The van der Waals surface area contributed by atoms with Crippen molar-refractivity contribution in [3.05, 3.63) is 95.3 Å². The maximum atomic E-state index is 12.8. The van der Waals surface area contributed by atoms with Gasteiger partial charge in [-0.1, -0.05) is 41.9 Å². The van der Waals surface area contributed by atoms with Crippen LogP contribution in [0.2, 0.25) is 5.02 Å². The molecule has 0 aliphatic carbocycles. The van der Waals surface area contributed by atoms with E-state index in [1.165, 1.54) is 0 Å². The number of amides is 1. The third-order valence-electron chi connectivity index (χ3n) is 4.17. The molecule has 0 radical (unpaired) electrons. The lowest BCUT2D eigenvalue weighted by atomic mass is 10.0. The molecule has 28 heavy (non-hydrogen) atoms. The monoisotopic (exact) mass is 386 g/mol. The number of pyridine rings is 2. The molecule has 0 unspecified atom stereocenters. The van der Waals surface area contributed by atoms with Gasteiger partial charge in [0.15, 0.2) is 0 Å². The number of nitrogens with one attached hydrogen (secondary N) is 1. The number of aromatic nitrogens is 2. The van der Waals surface area contributed by atoms with Gasteiger partial charge in [-0.2, -0.15) is 5.10 Å². The maximum absolute atomic E-state index is 12.8. The highest BCUT2D eigenvalue weighted by Gasteiger charge is 2.13.